The lowest BCUT2D eigenvalue weighted by atomic mass is 10.0. The Hall–Kier alpha value is -0.870. The molecule has 0 aliphatic heterocycles. The van der Waals surface area contributed by atoms with Gasteiger partial charge in [0.2, 0.25) is 5.91 Å². The van der Waals surface area contributed by atoms with E-state index in [0.29, 0.717) is 6.42 Å². The van der Waals surface area contributed by atoms with Crippen molar-refractivity contribution in [2.24, 2.45) is 0 Å². The van der Waals surface area contributed by atoms with E-state index < -0.39 is 12.1 Å². The molecule has 0 aromatic carbocycles. The van der Waals surface area contributed by atoms with E-state index in [0.717, 1.165) is 25.7 Å². The van der Waals surface area contributed by atoms with Crippen LogP contribution in [0.2, 0.25) is 0 Å². The van der Waals surface area contributed by atoms with Gasteiger partial charge >= 0.3 is 0 Å². The van der Waals surface area contributed by atoms with Crippen LogP contribution in [0.4, 0.5) is 0 Å². The molecule has 1 amide bonds. The Kier molecular flexibility index (Phi) is 44.8. The van der Waals surface area contributed by atoms with Gasteiger partial charge in [0.05, 0.1) is 18.8 Å². The second-order valence-electron chi connectivity index (χ2n) is 16.9. The molecule has 0 fully saturated rings. The van der Waals surface area contributed by atoms with Gasteiger partial charge in [-0.15, -0.1) is 0 Å². The number of rotatable bonds is 45. The zero-order valence-corrected chi connectivity index (χ0v) is 36.3. The first-order valence-corrected chi connectivity index (χ1v) is 24.4. The monoisotopic (exact) mass is 748 g/mol. The van der Waals surface area contributed by atoms with E-state index in [1.54, 1.807) is 6.08 Å². The molecule has 0 bridgehead atoms. The van der Waals surface area contributed by atoms with Crippen LogP contribution in [0.5, 0.6) is 0 Å². The highest BCUT2D eigenvalue weighted by Gasteiger charge is 2.18. The van der Waals surface area contributed by atoms with Gasteiger partial charge in [0.1, 0.15) is 0 Å². The first-order valence-electron chi connectivity index (χ1n) is 24.4. The summed E-state index contributed by atoms with van der Waals surface area (Å²) in [6, 6.07) is -0.615. The number of aliphatic hydroxyl groups excluding tert-OH is 2. The van der Waals surface area contributed by atoms with Crippen LogP contribution in [0.3, 0.4) is 0 Å². The van der Waals surface area contributed by atoms with E-state index in [1.165, 1.54) is 231 Å². The van der Waals surface area contributed by atoms with Crippen molar-refractivity contribution in [3.63, 3.8) is 0 Å². The van der Waals surface area contributed by atoms with Gasteiger partial charge in [-0.25, -0.2) is 0 Å². The fraction of sp³-hybridized carbons (Fsp3) is 0.939. The molecule has 3 N–H and O–H groups in total. The van der Waals surface area contributed by atoms with Crippen molar-refractivity contribution in [2.75, 3.05) is 6.61 Å². The number of unbranched alkanes of at least 4 members (excludes halogenated alkanes) is 38. The molecule has 53 heavy (non-hydrogen) atoms. The summed E-state index contributed by atoms with van der Waals surface area (Å²) in [5, 5.41) is 22.9. The minimum absolute atomic E-state index is 0.0610. The third-order valence-electron chi connectivity index (χ3n) is 11.5. The number of carbonyl (C=O) groups excluding carboxylic acids is 1. The van der Waals surface area contributed by atoms with Gasteiger partial charge in [0, 0.05) is 6.42 Å². The van der Waals surface area contributed by atoms with Crippen molar-refractivity contribution in [1.82, 2.24) is 5.32 Å². The minimum Gasteiger partial charge on any atom is -0.394 e. The summed E-state index contributed by atoms with van der Waals surface area (Å²) in [7, 11) is 0. The lowest BCUT2D eigenvalue weighted by Gasteiger charge is -2.20. The predicted molar refractivity (Wildman–Crippen MR) is 235 cm³/mol. The summed E-state index contributed by atoms with van der Waals surface area (Å²) < 4.78 is 0. The Bertz CT molecular complexity index is 725. The van der Waals surface area contributed by atoms with E-state index in [9.17, 15) is 15.0 Å². The fourth-order valence-corrected chi connectivity index (χ4v) is 7.77. The number of aliphatic hydroxyl groups is 2. The van der Waals surface area contributed by atoms with Crippen molar-refractivity contribution in [2.45, 2.75) is 289 Å². The average molecular weight is 748 g/mol. The Balaban J connectivity index is 3.35. The summed E-state index contributed by atoms with van der Waals surface area (Å²) in [4.78, 5) is 12.3. The summed E-state index contributed by atoms with van der Waals surface area (Å²) in [5.74, 6) is -0.0610. The number of allylic oxidation sites excluding steroid dienone is 1. The highest BCUT2D eigenvalue weighted by atomic mass is 16.3. The second-order valence-corrected chi connectivity index (χ2v) is 16.9. The maximum atomic E-state index is 12.3. The maximum Gasteiger partial charge on any atom is 0.220 e. The third-order valence-corrected chi connectivity index (χ3v) is 11.5. The van der Waals surface area contributed by atoms with Crippen LogP contribution >= 0.6 is 0 Å². The molecule has 0 aromatic rings. The zero-order chi connectivity index (χ0) is 38.6. The summed E-state index contributed by atoms with van der Waals surface area (Å²) in [5.41, 5.74) is 0. The van der Waals surface area contributed by atoms with Crippen molar-refractivity contribution in [3.05, 3.63) is 12.2 Å². The molecular formula is C49H97NO3. The summed E-state index contributed by atoms with van der Waals surface area (Å²) >= 11 is 0. The molecule has 0 radical (unpaired) electrons. The topological polar surface area (TPSA) is 69.6 Å². The molecule has 0 saturated heterocycles. The quantitative estimate of drug-likeness (QED) is 0.0429. The number of hydrogen-bond acceptors (Lipinski definition) is 3. The first kappa shape index (κ1) is 52.1. The molecule has 4 heteroatoms. The molecular weight excluding hydrogens is 651 g/mol. The van der Waals surface area contributed by atoms with Crippen molar-refractivity contribution < 1.29 is 15.0 Å². The maximum absolute atomic E-state index is 12.3. The SMILES string of the molecule is CCCCCCCCC/C=C/C(O)C(CO)NC(=O)CCCCCCCCCCCCCCCCCCCCCCCCCCCCCCCCCC. The first-order chi connectivity index (χ1) is 26.2. The smallest absolute Gasteiger partial charge is 0.220 e. The predicted octanol–water partition coefficient (Wildman–Crippen LogP) is 15.4. The van der Waals surface area contributed by atoms with Crippen LogP contribution < -0.4 is 5.32 Å². The Morgan fingerprint density at radius 2 is 0.698 bits per heavy atom. The molecule has 0 aromatic heterocycles. The van der Waals surface area contributed by atoms with Gasteiger partial charge < -0.3 is 15.5 Å². The molecule has 0 spiro atoms. The van der Waals surface area contributed by atoms with E-state index in [2.05, 4.69) is 19.2 Å². The van der Waals surface area contributed by atoms with Gasteiger partial charge in [-0.05, 0) is 19.3 Å². The van der Waals surface area contributed by atoms with Crippen molar-refractivity contribution in [1.29, 1.82) is 0 Å². The molecule has 0 rings (SSSR count). The van der Waals surface area contributed by atoms with Gasteiger partial charge in [-0.2, -0.15) is 0 Å². The normalized spacial score (nSPS) is 12.9. The fourth-order valence-electron chi connectivity index (χ4n) is 7.77. The van der Waals surface area contributed by atoms with Crippen LogP contribution in [-0.2, 0) is 4.79 Å². The van der Waals surface area contributed by atoms with Crippen LogP contribution in [0.1, 0.15) is 277 Å². The molecule has 0 aliphatic rings. The largest absolute Gasteiger partial charge is 0.394 e. The Morgan fingerprint density at radius 3 is 0.981 bits per heavy atom. The molecule has 2 unspecified atom stereocenters. The van der Waals surface area contributed by atoms with E-state index >= 15 is 0 Å². The Morgan fingerprint density at radius 1 is 0.434 bits per heavy atom. The molecule has 0 heterocycles. The molecule has 2 atom stereocenters. The number of hydrogen-bond donors (Lipinski definition) is 3. The zero-order valence-electron chi connectivity index (χ0n) is 36.3. The molecule has 0 aliphatic carbocycles. The van der Waals surface area contributed by atoms with Crippen LogP contribution in [0.25, 0.3) is 0 Å². The minimum atomic E-state index is -0.832. The standard InChI is InChI=1S/C49H97NO3/c1-3-5-7-9-11-13-14-15-16-17-18-19-20-21-22-23-24-25-26-27-28-29-30-31-32-33-34-35-37-39-41-43-45-49(53)50-47(46-51)48(52)44-42-40-38-36-12-10-8-6-4-2/h42,44,47-48,51-52H,3-41,43,45-46H2,1-2H3,(H,50,53)/b44-42+. The van der Waals surface area contributed by atoms with E-state index in [4.69, 9.17) is 0 Å². The van der Waals surface area contributed by atoms with E-state index in [1.807, 2.05) is 6.08 Å². The van der Waals surface area contributed by atoms with E-state index in [-0.39, 0.29) is 12.5 Å². The summed E-state index contributed by atoms with van der Waals surface area (Å²) in [6.07, 6.45) is 58.0. The van der Waals surface area contributed by atoms with Crippen LogP contribution in [0.15, 0.2) is 12.2 Å². The highest BCUT2D eigenvalue weighted by Crippen LogP contribution is 2.17. The number of carbonyl (C=O) groups is 1. The molecule has 0 saturated carbocycles. The number of amides is 1. The lowest BCUT2D eigenvalue weighted by molar-refractivity contribution is -0.123. The van der Waals surface area contributed by atoms with Gasteiger partial charge in [0.25, 0.3) is 0 Å². The Labute approximate surface area is 333 Å². The van der Waals surface area contributed by atoms with Crippen molar-refractivity contribution in [3.8, 4) is 0 Å². The van der Waals surface area contributed by atoms with Gasteiger partial charge in [-0.1, -0.05) is 264 Å². The third kappa shape index (κ3) is 42.1. The number of nitrogens with one attached hydrogen (secondary N) is 1. The van der Waals surface area contributed by atoms with Gasteiger partial charge in [0.15, 0.2) is 0 Å². The van der Waals surface area contributed by atoms with Gasteiger partial charge in [-0.3, -0.25) is 4.79 Å². The summed E-state index contributed by atoms with van der Waals surface area (Å²) in [6.45, 7) is 4.30. The van der Waals surface area contributed by atoms with Crippen molar-refractivity contribution >= 4 is 5.91 Å². The highest BCUT2D eigenvalue weighted by molar-refractivity contribution is 5.76. The molecule has 4 nitrogen and oxygen atoms in total. The van der Waals surface area contributed by atoms with Crippen LogP contribution in [0, 0.1) is 0 Å². The second kappa shape index (κ2) is 45.5. The average Bonchev–Trinajstić information content (AvgIpc) is 3.16. The molecule has 316 valence electrons. The van der Waals surface area contributed by atoms with Crippen LogP contribution in [-0.4, -0.2) is 34.9 Å². The lowest BCUT2D eigenvalue weighted by Crippen LogP contribution is -2.45.